The average Bonchev–Trinajstić information content (AvgIpc) is 3.10. The lowest BCUT2D eigenvalue weighted by atomic mass is 9.86. The van der Waals surface area contributed by atoms with Gasteiger partial charge in [-0.3, -0.25) is 14.4 Å². The van der Waals surface area contributed by atoms with Gasteiger partial charge in [0, 0.05) is 30.9 Å². The molecule has 1 aliphatic carbocycles. The van der Waals surface area contributed by atoms with Crippen LogP contribution in [-0.4, -0.2) is 27.4 Å². The molecule has 0 spiro atoms. The van der Waals surface area contributed by atoms with Crippen molar-refractivity contribution in [1.29, 1.82) is 0 Å². The molecule has 1 heterocycles. The van der Waals surface area contributed by atoms with E-state index in [2.05, 4.69) is 15.3 Å². The minimum absolute atomic E-state index is 0.0951. The number of nitrogens with one attached hydrogen (secondary N) is 1. The topological polar surface area (TPSA) is 89.0 Å². The molecule has 2 aromatic carbocycles. The summed E-state index contributed by atoms with van der Waals surface area (Å²) in [7, 11) is 0. The fourth-order valence-corrected chi connectivity index (χ4v) is 4.71. The van der Waals surface area contributed by atoms with E-state index in [1.165, 1.54) is 12.1 Å². The Kier molecular flexibility index (Phi) is 7.20. The molecule has 1 amide bonds. The summed E-state index contributed by atoms with van der Waals surface area (Å²) in [6.07, 6.45) is -2.73. The maximum Gasteiger partial charge on any atom is 0.416 e. The number of hydrogen-bond donors (Lipinski definition) is 1. The van der Waals surface area contributed by atoms with Gasteiger partial charge in [-0.2, -0.15) is 13.2 Å². The fourth-order valence-electron chi connectivity index (χ4n) is 4.71. The largest absolute Gasteiger partial charge is 0.416 e. The summed E-state index contributed by atoms with van der Waals surface area (Å²) in [5.41, 5.74) is 1.97. The van der Waals surface area contributed by atoms with Gasteiger partial charge in [0.05, 0.1) is 18.0 Å². The standard InChI is InChI=1S/C27H23F4N3O3/c1-14-6-18(26-33-12-20(28)13-34-26)7-15(2)23(14)24-21(35)9-17(25(24)37)10-22(36)32-11-16-4-3-5-19(8-16)27(29,30)31/h3-8,12-13,17,24H,9-11H2,1-2H3,(H,32,36). The maximum atomic E-state index is 13.2. The molecule has 1 aromatic heterocycles. The number of alkyl halides is 3. The van der Waals surface area contributed by atoms with E-state index in [0.717, 1.165) is 24.5 Å². The van der Waals surface area contributed by atoms with E-state index in [0.29, 0.717) is 28.1 Å². The molecule has 0 bridgehead atoms. The molecule has 2 atom stereocenters. The Hall–Kier alpha value is -3.95. The highest BCUT2D eigenvalue weighted by Gasteiger charge is 2.44. The fraction of sp³-hybridized carbons (Fsp3) is 0.296. The second-order valence-corrected chi connectivity index (χ2v) is 9.13. The van der Waals surface area contributed by atoms with E-state index in [-0.39, 0.29) is 36.5 Å². The van der Waals surface area contributed by atoms with Gasteiger partial charge < -0.3 is 5.32 Å². The smallest absolute Gasteiger partial charge is 0.352 e. The molecule has 192 valence electrons. The number of aryl methyl sites for hydroxylation is 2. The van der Waals surface area contributed by atoms with Gasteiger partial charge in [0.15, 0.2) is 17.4 Å². The summed E-state index contributed by atoms with van der Waals surface area (Å²) in [4.78, 5) is 46.5. The van der Waals surface area contributed by atoms with Crippen LogP contribution in [0.1, 0.15) is 46.6 Å². The first kappa shape index (κ1) is 26.1. The highest BCUT2D eigenvalue weighted by molar-refractivity contribution is 6.15. The Balaban J connectivity index is 1.45. The number of rotatable bonds is 6. The first-order chi connectivity index (χ1) is 17.4. The number of carbonyl (C=O) groups excluding carboxylic acids is 3. The summed E-state index contributed by atoms with van der Waals surface area (Å²) in [5.74, 6) is -3.28. The van der Waals surface area contributed by atoms with Gasteiger partial charge >= 0.3 is 6.18 Å². The second-order valence-electron chi connectivity index (χ2n) is 9.13. The van der Waals surface area contributed by atoms with Crippen LogP contribution in [0.5, 0.6) is 0 Å². The van der Waals surface area contributed by atoms with Gasteiger partial charge in [-0.1, -0.05) is 12.1 Å². The molecule has 0 aliphatic heterocycles. The molecule has 2 unspecified atom stereocenters. The van der Waals surface area contributed by atoms with Crippen LogP contribution in [0.25, 0.3) is 11.4 Å². The van der Waals surface area contributed by atoms with Crippen molar-refractivity contribution in [2.45, 2.75) is 45.3 Å². The molecule has 1 saturated carbocycles. The normalized spacial score (nSPS) is 17.8. The van der Waals surface area contributed by atoms with Crippen molar-refractivity contribution in [3.8, 4) is 11.4 Å². The van der Waals surface area contributed by atoms with Gasteiger partial charge in [0.25, 0.3) is 0 Å². The lowest BCUT2D eigenvalue weighted by Crippen LogP contribution is -2.27. The van der Waals surface area contributed by atoms with Gasteiger partial charge in [0.1, 0.15) is 11.7 Å². The highest BCUT2D eigenvalue weighted by Crippen LogP contribution is 2.38. The Bertz CT molecular complexity index is 1350. The summed E-state index contributed by atoms with van der Waals surface area (Å²) in [6, 6.07) is 8.06. The van der Waals surface area contributed by atoms with Gasteiger partial charge in [0.2, 0.25) is 5.91 Å². The first-order valence-electron chi connectivity index (χ1n) is 11.5. The quantitative estimate of drug-likeness (QED) is 0.376. The summed E-state index contributed by atoms with van der Waals surface area (Å²) < 4.78 is 51.9. The van der Waals surface area contributed by atoms with E-state index in [1.54, 1.807) is 26.0 Å². The molecular weight excluding hydrogens is 490 g/mol. The molecular formula is C27H23F4N3O3. The molecule has 0 saturated heterocycles. The Labute approximate surface area is 210 Å². The highest BCUT2D eigenvalue weighted by atomic mass is 19.4. The van der Waals surface area contributed by atoms with Crippen molar-refractivity contribution in [3.63, 3.8) is 0 Å². The number of halogens is 4. The SMILES string of the molecule is Cc1cc(-c2ncc(F)cn2)cc(C)c1C1C(=O)CC(CC(=O)NCc2cccc(C(F)(F)F)c2)C1=O. The summed E-state index contributed by atoms with van der Waals surface area (Å²) >= 11 is 0. The third-order valence-corrected chi connectivity index (χ3v) is 6.39. The number of hydrogen-bond acceptors (Lipinski definition) is 5. The van der Waals surface area contributed by atoms with Crippen LogP contribution in [0.2, 0.25) is 0 Å². The molecule has 0 radical (unpaired) electrons. The number of benzene rings is 2. The minimum atomic E-state index is -4.49. The number of carbonyl (C=O) groups is 3. The second kappa shape index (κ2) is 10.2. The number of Topliss-reactive ketones (excluding diaryl/α,β-unsaturated/α-hetero) is 2. The molecule has 3 aromatic rings. The van der Waals surface area contributed by atoms with Crippen LogP contribution in [0.3, 0.4) is 0 Å². The van der Waals surface area contributed by atoms with Crippen LogP contribution < -0.4 is 5.32 Å². The minimum Gasteiger partial charge on any atom is -0.352 e. The van der Waals surface area contributed by atoms with Crippen LogP contribution in [0.15, 0.2) is 48.8 Å². The van der Waals surface area contributed by atoms with Gasteiger partial charge in [-0.15, -0.1) is 0 Å². The molecule has 1 fully saturated rings. The van der Waals surface area contributed by atoms with Crippen LogP contribution in [-0.2, 0) is 27.1 Å². The van der Waals surface area contributed by atoms with Crippen molar-refractivity contribution in [1.82, 2.24) is 15.3 Å². The van der Waals surface area contributed by atoms with Crippen molar-refractivity contribution in [2.24, 2.45) is 5.92 Å². The van der Waals surface area contributed by atoms with Crippen LogP contribution in [0.4, 0.5) is 17.6 Å². The number of ketones is 2. The lowest BCUT2D eigenvalue weighted by molar-refractivity contribution is -0.137. The zero-order chi connectivity index (χ0) is 26.9. The third kappa shape index (κ3) is 5.73. The molecule has 1 N–H and O–H groups in total. The molecule has 37 heavy (non-hydrogen) atoms. The lowest BCUT2D eigenvalue weighted by Gasteiger charge is -2.17. The van der Waals surface area contributed by atoms with E-state index >= 15 is 0 Å². The van der Waals surface area contributed by atoms with Crippen LogP contribution in [0, 0.1) is 25.6 Å². The molecule has 10 heteroatoms. The Morgan fingerprint density at radius 3 is 2.32 bits per heavy atom. The molecule has 6 nitrogen and oxygen atoms in total. The van der Waals surface area contributed by atoms with Gasteiger partial charge in [-0.25, -0.2) is 14.4 Å². The van der Waals surface area contributed by atoms with Crippen molar-refractivity contribution >= 4 is 17.5 Å². The molecule has 4 rings (SSSR count). The first-order valence-corrected chi connectivity index (χ1v) is 11.5. The van der Waals surface area contributed by atoms with E-state index in [1.807, 2.05) is 0 Å². The van der Waals surface area contributed by atoms with Crippen molar-refractivity contribution in [3.05, 3.63) is 82.4 Å². The third-order valence-electron chi connectivity index (χ3n) is 6.39. The van der Waals surface area contributed by atoms with E-state index in [9.17, 15) is 31.9 Å². The zero-order valence-electron chi connectivity index (χ0n) is 20.0. The summed E-state index contributed by atoms with van der Waals surface area (Å²) in [5, 5.41) is 2.54. The van der Waals surface area contributed by atoms with E-state index in [4.69, 9.17) is 0 Å². The number of aromatic nitrogens is 2. The zero-order valence-corrected chi connectivity index (χ0v) is 20.0. The number of nitrogens with zero attached hydrogens (tertiary/aromatic N) is 2. The summed E-state index contributed by atoms with van der Waals surface area (Å²) in [6.45, 7) is 3.38. The van der Waals surface area contributed by atoms with Crippen molar-refractivity contribution in [2.75, 3.05) is 0 Å². The van der Waals surface area contributed by atoms with Gasteiger partial charge in [-0.05, 0) is 60.4 Å². The van der Waals surface area contributed by atoms with Crippen LogP contribution >= 0.6 is 0 Å². The Morgan fingerprint density at radius 1 is 1.05 bits per heavy atom. The molecule has 1 aliphatic rings. The number of amides is 1. The maximum absolute atomic E-state index is 13.2. The van der Waals surface area contributed by atoms with E-state index < -0.39 is 35.3 Å². The Morgan fingerprint density at radius 2 is 1.70 bits per heavy atom. The average molecular weight is 513 g/mol. The predicted octanol–water partition coefficient (Wildman–Crippen LogP) is 4.87. The van der Waals surface area contributed by atoms with Crippen molar-refractivity contribution < 1.29 is 31.9 Å². The predicted molar refractivity (Wildman–Crippen MR) is 126 cm³/mol. The monoisotopic (exact) mass is 513 g/mol.